The molecule has 0 bridgehead atoms. The maximum absolute atomic E-state index is 11.3. The molecule has 0 saturated carbocycles. The Morgan fingerprint density at radius 2 is 2.07 bits per heavy atom. The van der Waals surface area contributed by atoms with Gasteiger partial charge in [0.2, 0.25) is 0 Å². The fraction of sp³-hybridized carbons (Fsp3) is 0.909. The summed E-state index contributed by atoms with van der Waals surface area (Å²) in [6.07, 6.45) is 0.781. The van der Waals surface area contributed by atoms with Gasteiger partial charge in [-0.25, -0.2) is 4.79 Å². The summed E-state index contributed by atoms with van der Waals surface area (Å²) in [5, 5.41) is 0. The summed E-state index contributed by atoms with van der Waals surface area (Å²) < 4.78 is 4.69. The number of methoxy groups -OCH3 is 1. The van der Waals surface area contributed by atoms with Gasteiger partial charge in [-0.1, -0.05) is 20.8 Å². The first-order valence-electron chi connectivity index (χ1n) is 5.42. The van der Waals surface area contributed by atoms with Crippen LogP contribution in [-0.2, 0) is 4.74 Å². The van der Waals surface area contributed by atoms with Gasteiger partial charge in [-0.05, 0) is 17.8 Å². The van der Waals surface area contributed by atoms with Crippen molar-refractivity contribution in [2.24, 2.45) is 17.1 Å². The average molecular weight is 214 g/mol. The standard InChI is InChI=1S/C11H22N2O2/c1-11(2,3)5-8-6-13(7-9(8)12)10(14)15-4/h8-9H,5-7,12H2,1-4H3. The number of rotatable bonds is 1. The molecule has 1 heterocycles. The number of hydrogen-bond acceptors (Lipinski definition) is 3. The molecule has 1 aliphatic heterocycles. The Morgan fingerprint density at radius 3 is 2.53 bits per heavy atom. The van der Waals surface area contributed by atoms with Gasteiger partial charge in [-0.15, -0.1) is 0 Å². The molecule has 0 spiro atoms. The second kappa shape index (κ2) is 4.39. The second-order valence-electron chi connectivity index (χ2n) is 5.56. The van der Waals surface area contributed by atoms with Gasteiger partial charge >= 0.3 is 6.09 Å². The largest absolute Gasteiger partial charge is 0.453 e. The molecule has 0 radical (unpaired) electrons. The Morgan fingerprint density at radius 1 is 1.47 bits per heavy atom. The van der Waals surface area contributed by atoms with Crippen molar-refractivity contribution in [1.29, 1.82) is 0 Å². The molecule has 0 aromatic heterocycles. The van der Waals surface area contributed by atoms with Crippen LogP contribution in [0.1, 0.15) is 27.2 Å². The zero-order valence-electron chi connectivity index (χ0n) is 10.1. The summed E-state index contributed by atoms with van der Waals surface area (Å²) in [5.41, 5.74) is 6.28. The normalized spacial score (nSPS) is 26.9. The number of nitrogens with two attached hydrogens (primary N) is 1. The van der Waals surface area contributed by atoms with Crippen LogP contribution < -0.4 is 5.73 Å². The lowest BCUT2D eigenvalue weighted by Gasteiger charge is -2.24. The van der Waals surface area contributed by atoms with E-state index in [9.17, 15) is 4.79 Å². The highest BCUT2D eigenvalue weighted by molar-refractivity contribution is 5.67. The Kier molecular flexibility index (Phi) is 3.60. The predicted octanol–water partition coefficient (Wildman–Crippen LogP) is 1.45. The molecular weight excluding hydrogens is 192 g/mol. The van der Waals surface area contributed by atoms with Crippen LogP contribution in [0.5, 0.6) is 0 Å². The molecule has 2 N–H and O–H groups in total. The molecule has 4 heteroatoms. The van der Waals surface area contributed by atoms with E-state index in [0.29, 0.717) is 12.5 Å². The first kappa shape index (κ1) is 12.3. The first-order chi connectivity index (χ1) is 6.83. The molecule has 1 amide bonds. The molecule has 0 aromatic rings. The third-order valence-corrected chi connectivity index (χ3v) is 2.80. The van der Waals surface area contributed by atoms with Crippen molar-refractivity contribution in [2.45, 2.75) is 33.2 Å². The summed E-state index contributed by atoms with van der Waals surface area (Å²) in [6, 6.07) is 0.0864. The van der Waals surface area contributed by atoms with Crippen molar-refractivity contribution in [2.75, 3.05) is 20.2 Å². The highest BCUT2D eigenvalue weighted by Gasteiger charge is 2.35. The number of likely N-dealkylation sites (tertiary alicyclic amines) is 1. The highest BCUT2D eigenvalue weighted by atomic mass is 16.5. The van der Waals surface area contributed by atoms with Gasteiger partial charge in [0, 0.05) is 19.1 Å². The summed E-state index contributed by atoms with van der Waals surface area (Å²) in [4.78, 5) is 13.0. The molecule has 0 aromatic carbocycles. The SMILES string of the molecule is COC(=O)N1CC(N)C(CC(C)(C)C)C1. The van der Waals surface area contributed by atoms with E-state index in [1.807, 2.05) is 0 Å². The van der Waals surface area contributed by atoms with Crippen LogP contribution in [0.15, 0.2) is 0 Å². The van der Waals surface area contributed by atoms with E-state index in [1.165, 1.54) is 7.11 Å². The highest BCUT2D eigenvalue weighted by Crippen LogP contribution is 2.29. The Labute approximate surface area is 91.8 Å². The lowest BCUT2D eigenvalue weighted by atomic mass is 9.83. The molecule has 88 valence electrons. The van der Waals surface area contributed by atoms with Crippen LogP contribution in [0, 0.1) is 11.3 Å². The lowest BCUT2D eigenvalue weighted by molar-refractivity contribution is 0.130. The van der Waals surface area contributed by atoms with Crippen molar-refractivity contribution in [1.82, 2.24) is 4.90 Å². The Balaban J connectivity index is 2.53. The maximum atomic E-state index is 11.3. The summed E-state index contributed by atoms with van der Waals surface area (Å²) >= 11 is 0. The van der Waals surface area contributed by atoms with Crippen LogP contribution >= 0.6 is 0 Å². The fourth-order valence-electron chi connectivity index (χ4n) is 2.18. The second-order valence-corrected chi connectivity index (χ2v) is 5.56. The first-order valence-corrected chi connectivity index (χ1v) is 5.42. The number of carbonyl (C=O) groups excluding carboxylic acids is 1. The van der Waals surface area contributed by atoms with E-state index in [4.69, 9.17) is 10.5 Å². The molecule has 2 atom stereocenters. The van der Waals surface area contributed by atoms with Crippen molar-refractivity contribution in [3.05, 3.63) is 0 Å². The molecular formula is C11H22N2O2. The van der Waals surface area contributed by atoms with Crippen LogP contribution in [-0.4, -0.2) is 37.2 Å². The van der Waals surface area contributed by atoms with Gasteiger partial charge in [0.1, 0.15) is 0 Å². The van der Waals surface area contributed by atoms with Gasteiger partial charge in [-0.2, -0.15) is 0 Å². The van der Waals surface area contributed by atoms with Crippen molar-refractivity contribution < 1.29 is 9.53 Å². The molecule has 1 saturated heterocycles. The van der Waals surface area contributed by atoms with E-state index in [1.54, 1.807) is 4.90 Å². The third kappa shape index (κ3) is 3.38. The molecule has 0 aliphatic carbocycles. The zero-order chi connectivity index (χ0) is 11.6. The smallest absolute Gasteiger partial charge is 0.409 e. The maximum Gasteiger partial charge on any atom is 0.409 e. The predicted molar refractivity (Wildman–Crippen MR) is 59.5 cm³/mol. The van der Waals surface area contributed by atoms with Crippen LogP contribution in [0.3, 0.4) is 0 Å². The van der Waals surface area contributed by atoms with E-state index < -0.39 is 0 Å². The van der Waals surface area contributed by atoms with Crippen LogP contribution in [0.25, 0.3) is 0 Å². The number of hydrogen-bond donors (Lipinski definition) is 1. The quantitative estimate of drug-likeness (QED) is 0.718. The molecule has 1 rings (SSSR count). The minimum absolute atomic E-state index is 0.0864. The van der Waals surface area contributed by atoms with Gasteiger partial charge < -0.3 is 15.4 Å². The van der Waals surface area contributed by atoms with Gasteiger partial charge in [-0.3, -0.25) is 0 Å². The average Bonchev–Trinajstić information content (AvgIpc) is 2.44. The van der Waals surface area contributed by atoms with Gasteiger partial charge in [0.05, 0.1) is 7.11 Å². The van der Waals surface area contributed by atoms with Gasteiger partial charge in [0.25, 0.3) is 0 Å². The van der Waals surface area contributed by atoms with E-state index in [2.05, 4.69) is 20.8 Å². The Hall–Kier alpha value is -0.770. The number of amides is 1. The summed E-state index contributed by atoms with van der Waals surface area (Å²) in [6.45, 7) is 7.93. The summed E-state index contributed by atoms with van der Waals surface area (Å²) in [5.74, 6) is 0.393. The third-order valence-electron chi connectivity index (χ3n) is 2.80. The minimum Gasteiger partial charge on any atom is -0.453 e. The van der Waals surface area contributed by atoms with E-state index >= 15 is 0 Å². The zero-order valence-corrected chi connectivity index (χ0v) is 10.1. The number of carbonyl (C=O) groups is 1. The van der Waals surface area contributed by atoms with Crippen LogP contribution in [0.4, 0.5) is 4.79 Å². The monoisotopic (exact) mass is 214 g/mol. The molecule has 1 aliphatic rings. The lowest BCUT2D eigenvalue weighted by Crippen LogP contribution is -2.32. The summed E-state index contributed by atoms with van der Waals surface area (Å²) in [7, 11) is 1.41. The van der Waals surface area contributed by atoms with E-state index in [0.717, 1.165) is 13.0 Å². The molecule has 1 fully saturated rings. The minimum atomic E-state index is -0.262. The fourth-order valence-corrected chi connectivity index (χ4v) is 2.18. The topological polar surface area (TPSA) is 55.6 Å². The Bertz CT molecular complexity index is 235. The van der Waals surface area contributed by atoms with Crippen LogP contribution in [0.2, 0.25) is 0 Å². The van der Waals surface area contributed by atoms with Crippen molar-refractivity contribution >= 4 is 6.09 Å². The molecule has 15 heavy (non-hydrogen) atoms. The van der Waals surface area contributed by atoms with E-state index in [-0.39, 0.29) is 17.6 Å². The van der Waals surface area contributed by atoms with Gasteiger partial charge in [0.15, 0.2) is 0 Å². The molecule has 2 unspecified atom stereocenters. The van der Waals surface area contributed by atoms with Crippen molar-refractivity contribution in [3.63, 3.8) is 0 Å². The number of nitrogens with zero attached hydrogens (tertiary/aromatic N) is 1. The molecule has 4 nitrogen and oxygen atoms in total. The number of ether oxygens (including phenoxy) is 1. The van der Waals surface area contributed by atoms with Crippen molar-refractivity contribution in [3.8, 4) is 0 Å².